The van der Waals surface area contributed by atoms with Crippen LogP contribution in [0.4, 0.5) is 5.69 Å². The number of hydrogen-bond donors (Lipinski definition) is 1. The fraction of sp³-hybridized carbons (Fsp3) is 0.600. The van der Waals surface area contributed by atoms with Crippen molar-refractivity contribution in [3.8, 4) is 5.75 Å². The third-order valence-corrected chi connectivity index (χ3v) is 4.45. The van der Waals surface area contributed by atoms with Gasteiger partial charge >= 0.3 is 0 Å². The molecule has 3 heteroatoms. The number of fused-ring (bicyclic) bond motifs is 1. The molecule has 2 aliphatic rings. The molecule has 3 nitrogen and oxygen atoms in total. The summed E-state index contributed by atoms with van der Waals surface area (Å²) in [5.41, 5.74) is 2.80. The van der Waals surface area contributed by atoms with Gasteiger partial charge in [-0.05, 0) is 43.5 Å². The lowest BCUT2D eigenvalue weighted by molar-refractivity contribution is 0.327. The molecule has 1 N–H and O–H groups in total. The first-order valence-corrected chi connectivity index (χ1v) is 6.90. The number of methoxy groups -OCH3 is 1. The zero-order valence-electron chi connectivity index (χ0n) is 11.3. The van der Waals surface area contributed by atoms with E-state index in [2.05, 4.69) is 35.5 Å². The number of nitrogens with one attached hydrogen (secondary N) is 1. The van der Waals surface area contributed by atoms with E-state index in [9.17, 15) is 0 Å². The summed E-state index contributed by atoms with van der Waals surface area (Å²) < 4.78 is 5.51. The lowest BCUT2D eigenvalue weighted by atomic mass is 9.81. The highest BCUT2D eigenvalue weighted by Crippen LogP contribution is 2.46. The Morgan fingerprint density at radius 1 is 1.28 bits per heavy atom. The van der Waals surface area contributed by atoms with Crippen LogP contribution in [0.1, 0.15) is 24.3 Å². The number of hydrogen-bond acceptors (Lipinski definition) is 3. The minimum atomic E-state index is 0.683. The van der Waals surface area contributed by atoms with E-state index < -0.39 is 0 Å². The van der Waals surface area contributed by atoms with Crippen molar-refractivity contribution >= 4 is 5.69 Å². The highest BCUT2D eigenvalue weighted by atomic mass is 16.5. The third-order valence-electron chi connectivity index (χ3n) is 4.45. The van der Waals surface area contributed by atoms with Crippen LogP contribution in [0.15, 0.2) is 18.2 Å². The van der Waals surface area contributed by atoms with E-state index in [4.69, 9.17) is 4.74 Å². The van der Waals surface area contributed by atoms with Crippen molar-refractivity contribution in [1.82, 2.24) is 5.32 Å². The molecule has 18 heavy (non-hydrogen) atoms. The summed E-state index contributed by atoms with van der Waals surface area (Å²) in [5, 5.41) is 3.46. The van der Waals surface area contributed by atoms with Gasteiger partial charge in [0.2, 0.25) is 0 Å². The Kier molecular flexibility index (Phi) is 3.16. The number of likely N-dealkylation sites (N-methyl/N-ethyl adjacent to an activating group) is 1. The largest absolute Gasteiger partial charge is 0.495 e. The molecule has 0 aromatic heterocycles. The fourth-order valence-corrected chi connectivity index (χ4v) is 3.55. The van der Waals surface area contributed by atoms with Crippen molar-refractivity contribution in [2.75, 3.05) is 38.7 Å². The average Bonchev–Trinajstić information content (AvgIpc) is 2.77. The van der Waals surface area contributed by atoms with Gasteiger partial charge in [-0.15, -0.1) is 0 Å². The summed E-state index contributed by atoms with van der Waals surface area (Å²) in [6, 6.07) is 6.49. The molecule has 0 saturated carbocycles. The summed E-state index contributed by atoms with van der Waals surface area (Å²) >= 11 is 0. The highest BCUT2D eigenvalue weighted by molar-refractivity contribution is 5.68. The first-order valence-electron chi connectivity index (χ1n) is 6.90. The SMILES string of the molecule is COc1cccc2c1N(C)CC2C1CCNCC1. The first kappa shape index (κ1) is 11.8. The zero-order valence-corrected chi connectivity index (χ0v) is 11.3. The average molecular weight is 246 g/mol. The van der Waals surface area contributed by atoms with E-state index in [0.29, 0.717) is 5.92 Å². The van der Waals surface area contributed by atoms with E-state index in [1.165, 1.54) is 37.2 Å². The van der Waals surface area contributed by atoms with E-state index in [1.54, 1.807) is 7.11 Å². The van der Waals surface area contributed by atoms with E-state index in [-0.39, 0.29) is 0 Å². The van der Waals surface area contributed by atoms with Crippen LogP contribution >= 0.6 is 0 Å². The second-order valence-electron chi connectivity index (χ2n) is 5.47. The number of piperidine rings is 1. The second kappa shape index (κ2) is 4.81. The van der Waals surface area contributed by atoms with E-state index in [0.717, 1.165) is 18.2 Å². The molecule has 1 aromatic rings. The monoisotopic (exact) mass is 246 g/mol. The van der Waals surface area contributed by atoms with Gasteiger partial charge < -0.3 is 15.0 Å². The number of anilines is 1. The molecule has 1 atom stereocenters. The molecule has 0 spiro atoms. The first-order chi connectivity index (χ1) is 8.81. The van der Waals surface area contributed by atoms with Gasteiger partial charge in [0, 0.05) is 19.5 Å². The van der Waals surface area contributed by atoms with E-state index >= 15 is 0 Å². The Hall–Kier alpha value is -1.22. The van der Waals surface area contributed by atoms with Crippen molar-refractivity contribution in [3.63, 3.8) is 0 Å². The highest BCUT2D eigenvalue weighted by Gasteiger charge is 2.34. The van der Waals surface area contributed by atoms with Gasteiger partial charge in [0.15, 0.2) is 0 Å². The van der Waals surface area contributed by atoms with E-state index in [1.807, 2.05) is 0 Å². The number of rotatable bonds is 2. The van der Waals surface area contributed by atoms with Gasteiger partial charge in [0.1, 0.15) is 5.75 Å². The molecule has 2 heterocycles. The summed E-state index contributed by atoms with van der Waals surface area (Å²) in [4.78, 5) is 2.36. The minimum Gasteiger partial charge on any atom is -0.495 e. The smallest absolute Gasteiger partial charge is 0.142 e. The molecule has 1 aromatic carbocycles. The van der Waals surface area contributed by atoms with Crippen LogP contribution in [0.3, 0.4) is 0 Å². The van der Waals surface area contributed by atoms with Crippen molar-refractivity contribution in [3.05, 3.63) is 23.8 Å². The lowest BCUT2D eigenvalue weighted by Crippen LogP contribution is -2.32. The minimum absolute atomic E-state index is 0.683. The standard InChI is InChI=1S/C15H22N2O/c1-17-10-13(11-6-8-16-9-7-11)12-4-3-5-14(18-2)15(12)17/h3-5,11,13,16H,6-10H2,1-2H3. The quantitative estimate of drug-likeness (QED) is 0.866. The van der Waals surface area contributed by atoms with Crippen LogP contribution in [0.5, 0.6) is 5.75 Å². The maximum atomic E-state index is 5.51. The Labute approximate surface area is 109 Å². The van der Waals surface area contributed by atoms with Gasteiger partial charge in [-0.1, -0.05) is 12.1 Å². The number of nitrogens with zero attached hydrogens (tertiary/aromatic N) is 1. The molecule has 0 radical (unpaired) electrons. The van der Waals surface area contributed by atoms with Crippen molar-refractivity contribution in [2.45, 2.75) is 18.8 Å². The maximum Gasteiger partial charge on any atom is 0.142 e. The molecule has 1 saturated heterocycles. The zero-order chi connectivity index (χ0) is 12.5. The van der Waals surface area contributed by atoms with Crippen LogP contribution in [-0.2, 0) is 0 Å². The Balaban J connectivity index is 1.93. The number of para-hydroxylation sites is 1. The van der Waals surface area contributed by atoms with Gasteiger partial charge in [-0.25, -0.2) is 0 Å². The van der Waals surface area contributed by atoms with Gasteiger partial charge in [-0.3, -0.25) is 0 Å². The van der Waals surface area contributed by atoms with Crippen molar-refractivity contribution < 1.29 is 4.74 Å². The molecule has 0 aliphatic carbocycles. The van der Waals surface area contributed by atoms with Crippen LogP contribution in [0.25, 0.3) is 0 Å². The maximum absolute atomic E-state index is 5.51. The number of ether oxygens (including phenoxy) is 1. The summed E-state index contributed by atoms with van der Waals surface area (Å²) in [6.45, 7) is 3.48. The Morgan fingerprint density at radius 3 is 2.78 bits per heavy atom. The van der Waals surface area contributed by atoms with Crippen LogP contribution in [0.2, 0.25) is 0 Å². The lowest BCUT2D eigenvalue weighted by Gasteiger charge is -2.28. The van der Waals surface area contributed by atoms with Crippen molar-refractivity contribution in [2.24, 2.45) is 5.92 Å². The summed E-state index contributed by atoms with van der Waals surface area (Å²) in [5.74, 6) is 2.52. The fourth-order valence-electron chi connectivity index (χ4n) is 3.55. The molecule has 0 bridgehead atoms. The molecule has 1 unspecified atom stereocenters. The second-order valence-corrected chi connectivity index (χ2v) is 5.47. The third kappa shape index (κ3) is 1.87. The van der Waals surface area contributed by atoms with Gasteiger partial charge in [0.25, 0.3) is 0 Å². The number of benzene rings is 1. The van der Waals surface area contributed by atoms with Crippen LogP contribution in [0, 0.1) is 5.92 Å². The Morgan fingerprint density at radius 2 is 2.06 bits per heavy atom. The van der Waals surface area contributed by atoms with Crippen LogP contribution < -0.4 is 15.0 Å². The molecule has 98 valence electrons. The molecule has 3 rings (SSSR count). The summed E-state index contributed by atoms with van der Waals surface area (Å²) in [6.07, 6.45) is 2.60. The molecule has 0 amide bonds. The molecule has 1 fully saturated rings. The van der Waals surface area contributed by atoms with Crippen molar-refractivity contribution in [1.29, 1.82) is 0 Å². The normalized spacial score (nSPS) is 24.1. The van der Waals surface area contributed by atoms with Gasteiger partial charge in [0.05, 0.1) is 12.8 Å². The predicted molar refractivity (Wildman–Crippen MR) is 74.6 cm³/mol. The predicted octanol–water partition coefficient (Wildman–Crippen LogP) is 2.23. The topological polar surface area (TPSA) is 24.5 Å². The summed E-state index contributed by atoms with van der Waals surface area (Å²) in [7, 11) is 3.95. The molecular formula is C15H22N2O. The molecule has 2 aliphatic heterocycles. The van der Waals surface area contributed by atoms with Gasteiger partial charge in [-0.2, -0.15) is 0 Å². The Bertz CT molecular complexity index is 427. The van der Waals surface area contributed by atoms with Crippen LogP contribution in [-0.4, -0.2) is 33.8 Å². The molecular weight excluding hydrogens is 224 g/mol.